The molecular weight excluding hydrogens is 288 g/mol. The Morgan fingerprint density at radius 2 is 2.00 bits per heavy atom. The van der Waals surface area contributed by atoms with Crippen LogP contribution in [-0.4, -0.2) is 35.0 Å². The summed E-state index contributed by atoms with van der Waals surface area (Å²) >= 11 is 0. The van der Waals surface area contributed by atoms with Gasteiger partial charge in [0, 0.05) is 30.3 Å². The Bertz CT molecular complexity index is 727. The molecule has 1 atom stereocenters. The van der Waals surface area contributed by atoms with Crippen LogP contribution < -0.4 is 4.74 Å². The third-order valence-corrected chi connectivity index (χ3v) is 4.34. The molecule has 2 aromatic rings. The van der Waals surface area contributed by atoms with Crippen LogP contribution in [-0.2, 0) is 0 Å². The number of aryl methyl sites for hydroxylation is 3. The summed E-state index contributed by atoms with van der Waals surface area (Å²) in [6.45, 7) is 7.37. The van der Waals surface area contributed by atoms with Gasteiger partial charge in [-0.1, -0.05) is 12.1 Å². The van der Waals surface area contributed by atoms with Crippen LogP contribution in [0, 0.1) is 20.8 Å². The molecule has 1 unspecified atom stereocenters. The molecule has 1 saturated heterocycles. The zero-order chi connectivity index (χ0) is 16.4. The van der Waals surface area contributed by atoms with Crippen molar-refractivity contribution >= 4 is 5.91 Å². The molecule has 0 saturated carbocycles. The molecule has 0 bridgehead atoms. The van der Waals surface area contributed by atoms with Gasteiger partial charge in [0.1, 0.15) is 6.10 Å². The maximum Gasteiger partial charge on any atom is 0.253 e. The van der Waals surface area contributed by atoms with Gasteiger partial charge in [-0.3, -0.25) is 4.79 Å². The van der Waals surface area contributed by atoms with E-state index < -0.39 is 0 Å². The number of amides is 1. The molecule has 0 spiro atoms. The quantitative estimate of drug-likeness (QED) is 0.873. The SMILES string of the molecule is Cc1cccc(OC2CCN(C(=O)c3ccc(C)c(C)c3)C2)n1. The first-order valence-corrected chi connectivity index (χ1v) is 8.00. The van der Waals surface area contributed by atoms with E-state index in [1.54, 1.807) is 0 Å². The van der Waals surface area contributed by atoms with Gasteiger partial charge in [-0.15, -0.1) is 0 Å². The van der Waals surface area contributed by atoms with Crippen molar-refractivity contribution in [3.63, 3.8) is 0 Å². The van der Waals surface area contributed by atoms with Crippen LogP contribution in [0.5, 0.6) is 5.88 Å². The van der Waals surface area contributed by atoms with Gasteiger partial charge in [0.25, 0.3) is 5.91 Å². The van der Waals surface area contributed by atoms with Crippen LogP contribution in [0.15, 0.2) is 36.4 Å². The molecule has 4 heteroatoms. The second-order valence-electron chi connectivity index (χ2n) is 6.20. The summed E-state index contributed by atoms with van der Waals surface area (Å²) in [4.78, 5) is 18.8. The number of benzene rings is 1. The van der Waals surface area contributed by atoms with Crippen molar-refractivity contribution in [1.82, 2.24) is 9.88 Å². The van der Waals surface area contributed by atoms with E-state index in [0.717, 1.165) is 29.8 Å². The molecule has 1 aromatic heterocycles. The van der Waals surface area contributed by atoms with Crippen LogP contribution >= 0.6 is 0 Å². The summed E-state index contributed by atoms with van der Waals surface area (Å²) in [5.74, 6) is 0.715. The lowest BCUT2D eigenvalue weighted by Gasteiger charge is -2.17. The van der Waals surface area contributed by atoms with Gasteiger partial charge in [0.2, 0.25) is 5.88 Å². The number of aromatic nitrogens is 1. The van der Waals surface area contributed by atoms with Crippen LogP contribution in [0.1, 0.15) is 33.6 Å². The Morgan fingerprint density at radius 3 is 2.74 bits per heavy atom. The average molecular weight is 310 g/mol. The van der Waals surface area contributed by atoms with Gasteiger partial charge in [0.05, 0.1) is 6.54 Å². The molecule has 1 aliphatic rings. The molecule has 2 heterocycles. The molecule has 1 fully saturated rings. The minimum Gasteiger partial charge on any atom is -0.472 e. The molecule has 1 aliphatic heterocycles. The van der Waals surface area contributed by atoms with Gasteiger partial charge in [-0.05, 0) is 50.1 Å². The fourth-order valence-corrected chi connectivity index (χ4v) is 2.82. The molecule has 120 valence electrons. The molecule has 1 aromatic carbocycles. The minimum absolute atomic E-state index is 0.0137. The van der Waals surface area contributed by atoms with Gasteiger partial charge in [-0.2, -0.15) is 0 Å². The normalized spacial score (nSPS) is 17.3. The zero-order valence-electron chi connectivity index (χ0n) is 13.9. The van der Waals surface area contributed by atoms with E-state index in [-0.39, 0.29) is 12.0 Å². The Balaban J connectivity index is 1.64. The number of hydrogen-bond donors (Lipinski definition) is 0. The molecule has 3 rings (SSSR count). The van der Waals surface area contributed by atoms with E-state index >= 15 is 0 Å². The molecule has 0 radical (unpaired) electrons. The van der Waals surface area contributed by atoms with Crippen LogP contribution in [0.3, 0.4) is 0 Å². The summed E-state index contributed by atoms with van der Waals surface area (Å²) in [6.07, 6.45) is 0.853. The van der Waals surface area contributed by atoms with Crippen LogP contribution in [0.25, 0.3) is 0 Å². The van der Waals surface area contributed by atoms with Gasteiger partial charge in [-0.25, -0.2) is 4.98 Å². The van der Waals surface area contributed by atoms with Crippen LogP contribution in [0.2, 0.25) is 0 Å². The number of hydrogen-bond acceptors (Lipinski definition) is 3. The molecule has 0 aliphatic carbocycles. The standard InChI is InChI=1S/C19H22N2O2/c1-13-7-8-16(11-14(13)2)19(22)21-10-9-17(12-21)23-18-6-4-5-15(3)20-18/h4-8,11,17H,9-10,12H2,1-3H3. The van der Waals surface area contributed by atoms with Gasteiger partial charge >= 0.3 is 0 Å². The topological polar surface area (TPSA) is 42.4 Å². The monoisotopic (exact) mass is 310 g/mol. The van der Waals surface area contributed by atoms with Gasteiger partial charge in [0.15, 0.2) is 0 Å². The number of ether oxygens (including phenoxy) is 1. The number of pyridine rings is 1. The minimum atomic E-state index is 0.0137. The number of rotatable bonds is 3. The van der Waals surface area contributed by atoms with Crippen molar-refractivity contribution in [1.29, 1.82) is 0 Å². The summed E-state index contributed by atoms with van der Waals surface area (Å²) in [6, 6.07) is 11.6. The van der Waals surface area contributed by atoms with Crippen molar-refractivity contribution < 1.29 is 9.53 Å². The van der Waals surface area contributed by atoms with E-state index in [1.807, 2.05) is 55.1 Å². The summed E-state index contributed by atoms with van der Waals surface area (Å²) in [5, 5.41) is 0. The molecule has 0 N–H and O–H groups in total. The lowest BCUT2D eigenvalue weighted by atomic mass is 10.1. The molecule has 23 heavy (non-hydrogen) atoms. The van der Waals surface area contributed by atoms with Crippen molar-refractivity contribution in [2.75, 3.05) is 13.1 Å². The van der Waals surface area contributed by atoms with Crippen molar-refractivity contribution in [2.45, 2.75) is 33.3 Å². The molecule has 4 nitrogen and oxygen atoms in total. The predicted octanol–water partition coefficient (Wildman–Crippen LogP) is 3.30. The Kier molecular flexibility index (Phi) is 4.33. The summed E-state index contributed by atoms with van der Waals surface area (Å²) in [7, 11) is 0. The highest BCUT2D eigenvalue weighted by Gasteiger charge is 2.28. The highest BCUT2D eigenvalue weighted by Crippen LogP contribution is 2.20. The van der Waals surface area contributed by atoms with E-state index in [1.165, 1.54) is 5.56 Å². The Hall–Kier alpha value is -2.36. The third kappa shape index (κ3) is 3.52. The van der Waals surface area contributed by atoms with E-state index in [4.69, 9.17) is 4.74 Å². The van der Waals surface area contributed by atoms with E-state index in [2.05, 4.69) is 11.9 Å². The summed E-state index contributed by atoms with van der Waals surface area (Å²) < 4.78 is 5.91. The maximum atomic E-state index is 12.6. The van der Waals surface area contributed by atoms with Crippen molar-refractivity contribution in [2.24, 2.45) is 0 Å². The molecule has 1 amide bonds. The van der Waals surface area contributed by atoms with Crippen molar-refractivity contribution in [3.8, 4) is 5.88 Å². The fraction of sp³-hybridized carbons (Fsp3) is 0.368. The smallest absolute Gasteiger partial charge is 0.253 e. The third-order valence-electron chi connectivity index (χ3n) is 4.34. The second kappa shape index (κ2) is 6.41. The Morgan fingerprint density at radius 1 is 1.17 bits per heavy atom. The first-order chi connectivity index (χ1) is 11.0. The summed E-state index contributed by atoms with van der Waals surface area (Å²) in [5.41, 5.74) is 4.03. The Labute approximate surface area is 137 Å². The first kappa shape index (κ1) is 15.5. The second-order valence-corrected chi connectivity index (χ2v) is 6.20. The highest BCUT2D eigenvalue weighted by molar-refractivity contribution is 5.94. The predicted molar refractivity (Wildman–Crippen MR) is 89.8 cm³/mol. The van der Waals surface area contributed by atoms with Crippen LogP contribution in [0.4, 0.5) is 0 Å². The number of carbonyl (C=O) groups is 1. The zero-order valence-corrected chi connectivity index (χ0v) is 13.9. The lowest BCUT2D eigenvalue weighted by Crippen LogP contribution is -2.31. The number of likely N-dealkylation sites (tertiary alicyclic amines) is 1. The van der Waals surface area contributed by atoms with Gasteiger partial charge < -0.3 is 9.64 Å². The number of carbonyl (C=O) groups excluding carboxylic acids is 1. The average Bonchev–Trinajstić information content (AvgIpc) is 2.98. The fourth-order valence-electron chi connectivity index (χ4n) is 2.82. The number of nitrogens with zero attached hydrogens (tertiary/aromatic N) is 2. The first-order valence-electron chi connectivity index (χ1n) is 8.00. The van der Waals surface area contributed by atoms with E-state index in [9.17, 15) is 4.79 Å². The van der Waals surface area contributed by atoms with E-state index in [0.29, 0.717) is 12.4 Å². The largest absolute Gasteiger partial charge is 0.472 e. The molecular formula is C19H22N2O2. The lowest BCUT2D eigenvalue weighted by molar-refractivity contribution is 0.0771. The van der Waals surface area contributed by atoms with Crippen molar-refractivity contribution in [3.05, 3.63) is 58.8 Å². The highest BCUT2D eigenvalue weighted by atomic mass is 16.5. The maximum absolute atomic E-state index is 12.6.